The van der Waals surface area contributed by atoms with Crippen LogP contribution in [0.25, 0.3) is 0 Å². The molecule has 1 saturated heterocycles. The summed E-state index contributed by atoms with van der Waals surface area (Å²) in [4.78, 5) is 7.34. The van der Waals surface area contributed by atoms with E-state index in [9.17, 15) is 0 Å². The van der Waals surface area contributed by atoms with Gasteiger partial charge in [0.2, 0.25) is 0 Å². The van der Waals surface area contributed by atoms with E-state index in [2.05, 4.69) is 64.9 Å². The van der Waals surface area contributed by atoms with Gasteiger partial charge in [-0.25, -0.2) is 0 Å². The van der Waals surface area contributed by atoms with Crippen molar-refractivity contribution in [3.8, 4) is 0 Å². The van der Waals surface area contributed by atoms with E-state index >= 15 is 0 Å². The van der Waals surface area contributed by atoms with Gasteiger partial charge in [-0.15, -0.1) is 24.0 Å². The summed E-state index contributed by atoms with van der Waals surface area (Å²) < 4.78 is 5.25. The van der Waals surface area contributed by atoms with Crippen LogP contribution in [-0.2, 0) is 13.0 Å². The Hall–Kier alpha value is -1.61. The van der Waals surface area contributed by atoms with Crippen LogP contribution >= 0.6 is 24.0 Å². The molecule has 7 heteroatoms. The highest BCUT2D eigenvalue weighted by atomic mass is 127. The second kappa shape index (κ2) is 12.3. The van der Waals surface area contributed by atoms with E-state index in [0.29, 0.717) is 12.1 Å². The highest BCUT2D eigenvalue weighted by Crippen LogP contribution is 2.20. The summed E-state index contributed by atoms with van der Waals surface area (Å²) >= 11 is 0. The van der Waals surface area contributed by atoms with Crippen molar-refractivity contribution in [2.24, 2.45) is 4.99 Å². The molecule has 2 aromatic rings. The number of aromatic nitrogens is 1. The third kappa shape index (κ3) is 6.97. The normalized spacial score (nSPS) is 19.5. The lowest BCUT2D eigenvalue weighted by molar-refractivity contribution is 0.258. The fourth-order valence-corrected chi connectivity index (χ4v) is 4.06. The van der Waals surface area contributed by atoms with Crippen molar-refractivity contribution in [2.75, 3.05) is 19.6 Å². The van der Waals surface area contributed by atoms with Gasteiger partial charge in [0.1, 0.15) is 5.76 Å². The maximum atomic E-state index is 5.25. The third-order valence-corrected chi connectivity index (χ3v) is 5.65. The first-order chi connectivity index (χ1) is 14.1. The molecule has 6 nitrogen and oxygen atoms in total. The zero-order chi connectivity index (χ0) is 20.6. The Labute approximate surface area is 197 Å². The first-order valence-electron chi connectivity index (χ1n) is 10.8. The summed E-state index contributed by atoms with van der Waals surface area (Å²) in [5.41, 5.74) is 3.59. The molecular weight excluding hydrogens is 489 g/mol. The molecule has 1 aromatic carbocycles. The molecule has 1 fully saturated rings. The van der Waals surface area contributed by atoms with Crippen LogP contribution in [0.4, 0.5) is 0 Å². The van der Waals surface area contributed by atoms with E-state index in [4.69, 9.17) is 9.52 Å². The van der Waals surface area contributed by atoms with Gasteiger partial charge < -0.3 is 15.2 Å². The Morgan fingerprint density at radius 1 is 1.27 bits per heavy atom. The van der Waals surface area contributed by atoms with E-state index in [1.165, 1.54) is 11.1 Å². The van der Waals surface area contributed by atoms with Crippen molar-refractivity contribution in [3.05, 3.63) is 52.9 Å². The number of hydrogen-bond donors (Lipinski definition) is 2. The molecule has 1 aliphatic rings. The Bertz CT molecular complexity index is 773. The largest absolute Gasteiger partial charge is 0.361 e. The minimum Gasteiger partial charge on any atom is -0.361 e. The van der Waals surface area contributed by atoms with Gasteiger partial charge in [-0.3, -0.25) is 9.89 Å². The number of benzene rings is 1. The first-order valence-corrected chi connectivity index (χ1v) is 10.8. The van der Waals surface area contributed by atoms with E-state index in [0.717, 1.165) is 62.9 Å². The number of likely N-dealkylation sites (tertiary alicyclic amines) is 1. The molecule has 0 bridgehead atoms. The molecule has 2 unspecified atom stereocenters. The third-order valence-electron chi connectivity index (χ3n) is 5.65. The van der Waals surface area contributed by atoms with Crippen LogP contribution in [0.2, 0.25) is 0 Å². The molecule has 2 heterocycles. The van der Waals surface area contributed by atoms with Crippen LogP contribution < -0.4 is 10.6 Å². The van der Waals surface area contributed by atoms with Crippen molar-refractivity contribution < 1.29 is 4.52 Å². The fourth-order valence-electron chi connectivity index (χ4n) is 4.06. The second-order valence-electron chi connectivity index (χ2n) is 8.01. The fraction of sp³-hybridized carbons (Fsp3) is 0.565. The maximum Gasteiger partial charge on any atom is 0.191 e. The average Bonchev–Trinajstić information content (AvgIpc) is 3.21. The minimum absolute atomic E-state index is 0. The van der Waals surface area contributed by atoms with Crippen molar-refractivity contribution in [3.63, 3.8) is 0 Å². The molecule has 30 heavy (non-hydrogen) atoms. The molecule has 2 atom stereocenters. The Morgan fingerprint density at radius 3 is 2.70 bits per heavy atom. The van der Waals surface area contributed by atoms with Crippen LogP contribution in [0.1, 0.15) is 49.3 Å². The van der Waals surface area contributed by atoms with Gasteiger partial charge in [-0.1, -0.05) is 35.5 Å². The van der Waals surface area contributed by atoms with Crippen molar-refractivity contribution in [1.82, 2.24) is 20.7 Å². The maximum absolute atomic E-state index is 5.25. The molecule has 2 N–H and O–H groups in total. The number of hydrogen-bond acceptors (Lipinski definition) is 4. The quantitative estimate of drug-likeness (QED) is 0.236. The predicted molar refractivity (Wildman–Crippen MR) is 134 cm³/mol. The van der Waals surface area contributed by atoms with Gasteiger partial charge >= 0.3 is 0 Å². The SMILES string of the molecule is CCNC(=NCCCc1c(C)noc1C)NC1CC(C)N(Cc2ccccc2)C1.I. The summed E-state index contributed by atoms with van der Waals surface area (Å²) in [6.45, 7) is 12.1. The number of aliphatic imine (C=N–C) groups is 1. The molecular formula is C23H36IN5O. The standard InChI is InChI=1S/C23H35N5O.HI/c1-5-24-23(25-13-9-12-22-18(3)27-29-19(22)4)26-21-14-17(2)28(16-21)15-20-10-7-6-8-11-20;/h6-8,10-11,17,21H,5,9,12-16H2,1-4H3,(H2,24,25,26);1H. The van der Waals surface area contributed by atoms with Crippen LogP contribution in [0.5, 0.6) is 0 Å². The molecule has 0 spiro atoms. The summed E-state index contributed by atoms with van der Waals surface area (Å²) in [6, 6.07) is 11.7. The van der Waals surface area contributed by atoms with E-state index < -0.39 is 0 Å². The monoisotopic (exact) mass is 525 g/mol. The number of nitrogens with zero attached hydrogens (tertiary/aromatic N) is 3. The molecule has 3 rings (SSSR count). The molecule has 0 radical (unpaired) electrons. The molecule has 0 aliphatic carbocycles. The van der Waals surface area contributed by atoms with Gasteiger partial charge in [-0.05, 0) is 52.5 Å². The molecule has 0 amide bonds. The summed E-state index contributed by atoms with van der Waals surface area (Å²) in [7, 11) is 0. The van der Waals surface area contributed by atoms with Gasteiger partial charge in [0, 0.05) is 43.8 Å². The smallest absolute Gasteiger partial charge is 0.191 e. The Kier molecular flexibility index (Phi) is 10.1. The minimum atomic E-state index is 0. The molecule has 0 saturated carbocycles. The van der Waals surface area contributed by atoms with Crippen molar-refractivity contribution >= 4 is 29.9 Å². The lowest BCUT2D eigenvalue weighted by atomic mass is 10.1. The van der Waals surface area contributed by atoms with Gasteiger partial charge in [-0.2, -0.15) is 0 Å². The van der Waals surface area contributed by atoms with E-state index in [-0.39, 0.29) is 24.0 Å². The van der Waals surface area contributed by atoms with Crippen molar-refractivity contribution in [1.29, 1.82) is 0 Å². The highest BCUT2D eigenvalue weighted by molar-refractivity contribution is 14.0. The Morgan fingerprint density at radius 2 is 2.03 bits per heavy atom. The lowest BCUT2D eigenvalue weighted by Crippen LogP contribution is -2.44. The number of rotatable bonds is 8. The zero-order valence-corrected chi connectivity index (χ0v) is 21.0. The topological polar surface area (TPSA) is 65.7 Å². The zero-order valence-electron chi connectivity index (χ0n) is 18.6. The van der Waals surface area contributed by atoms with Crippen molar-refractivity contribution in [2.45, 2.75) is 65.6 Å². The summed E-state index contributed by atoms with van der Waals surface area (Å²) in [6.07, 6.45) is 3.08. The summed E-state index contributed by atoms with van der Waals surface area (Å²) in [5, 5.41) is 11.1. The van der Waals surface area contributed by atoms with E-state index in [1.807, 2.05) is 13.8 Å². The predicted octanol–water partition coefficient (Wildman–Crippen LogP) is 4.06. The van der Waals surface area contributed by atoms with Gasteiger partial charge in [0.25, 0.3) is 0 Å². The molecule has 1 aliphatic heterocycles. The number of halogens is 1. The van der Waals surface area contributed by atoms with Crippen LogP contribution in [-0.4, -0.2) is 47.7 Å². The first kappa shape index (κ1) is 24.7. The Balaban J connectivity index is 0.00000320. The second-order valence-corrected chi connectivity index (χ2v) is 8.01. The lowest BCUT2D eigenvalue weighted by Gasteiger charge is -2.21. The van der Waals surface area contributed by atoms with Crippen LogP contribution in [0.3, 0.4) is 0 Å². The van der Waals surface area contributed by atoms with Gasteiger partial charge in [0.15, 0.2) is 5.96 Å². The number of aryl methyl sites for hydroxylation is 2. The van der Waals surface area contributed by atoms with Crippen LogP contribution in [0.15, 0.2) is 39.8 Å². The van der Waals surface area contributed by atoms with Gasteiger partial charge in [0.05, 0.1) is 5.69 Å². The molecule has 166 valence electrons. The number of nitrogens with one attached hydrogen (secondary N) is 2. The van der Waals surface area contributed by atoms with E-state index in [1.54, 1.807) is 0 Å². The summed E-state index contributed by atoms with van der Waals surface area (Å²) in [5.74, 6) is 1.85. The van der Waals surface area contributed by atoms with Crippen LogP contribution in [0, 0.1) is 13.8 Å². The molecule has 1 aromatic heterocycles. The highest BCUT2D eigenvalue weighted by Gasteiger charge is 2.29. The number of guanidine groups is 1. The average molecular weight is 525 g/mol.